The van der Waals surface area contributed by atoms with Crippen LogP contribution >= 0.6 is 0 Å². The molecule has 0 saturated heterocycles. The van der Waals surface area contributed by atoms with Gasteiger partial charge in [0.05, 0.1) is 27.0 Å². The fourth-order valence-corrected chi connectivity index (χ4v) is 2.43. The average Bonchev–Trinajstić information content (AvgIpc) is 2.61. The first-order valence-corrected chi connectivity index (χ1v) is 8.33. The number of amides is 2. The molecular formula is C18H29N3O5. The van der Waals surface area contributed by atoms with Crippen molar-refractivity contribution in [2.45, 2.75) is 13.3 Å². The Kier molecular flexibility index (Phi) is 8.71. The molecule has 0 saturated carbocycles. The van der Waals surface area contributed by atoms with Crippen LogP contribution in [-0.4, -0.2) is 71.8 Å². The molecule has 0 radical (unpaired) electrons. The van der Waals surface area contributed by atoms with Crippen LogP contribution in [0.5, 0.6) is 17.2 Å². The molecule has 0 aliphatic rings. The predicted octanol–water partition coefficient (Wildman–Crippen LogP) is 1.13. The summed E-state index contributed by atoms with van der Waals surface area (Å²) in [6, 6.07) is 3.28. The lowest BCUT2D eigenvalue weighted by molar-refractivity contribution is -0.123. The number of nitrogens with zero attached hydrogens (tertiary/aromatic N) is 2. The Morgan fingerprint density at radius 1 is 1.04 bits per heavy atom. The van der Waals surface area contributed by atoms with Gasteiger partial charge < -0.3 is 29.3 Å². The number of ether oxygens (including phenoxy) is 3. The molecular weight excluding hydrogens is 338 g/mol. The Balaban J connectivity index is 2.93. The Morgan fingerprint density at radius 2 is 1.62 bits per heavy atom. The van der Waals surface area contributed by atoms with Crippen LogP contribution < -0.4 is 24.4 Å². The van der Waals surface area contributed by atoms with E-state index in [0.29, 0.717) is 29.5 Å². The number of rotatable bonds is 10. The number of methoxy groups -OCH3 is 3. The van der Waals surface area contributed by atoms with Crippen LogP contribution in [0.2, 0.25) is 0 Å². The summed E-state index contributed by atoms with van der Waals surface area (Å²) in [6.45, 7) is 2.75. The molecule has 0 aliphatic heterocycles. The van der Waals surface area contributed by atoms with E-state index in [1.807, 2.05) is 19.0 Å². The summed E-state index contributed by atoms with van der Waals surface area (Å²) in [4.78, 5) is 27.7. The SMILES string of the molecule is COc1cc(N(CC(=O)NCCCN(C)C)C(C)=O)cc(OC)c1OC. The monoisotopic (exact) mass is 367 g/mol. The highest BCUT2D eigenvalue weighted by atomic mass is 16.5. The summed E-state index contributed by atoms with van der Waals surface area (Å²) >= 11 is 0. The van der Waals surface area contributed by atoms with Gasteiger partial charge in [-0.1, -0.05) is 0 Å². The first-order chi connectivity index (χ1) is 12.3. The van der Waals surface area contributed by atoms with Gasteiger partial charge >= 0.3 is 0 Å². The lowest BCUT2D eigenvalue weighted by atomic mass is 10.2. The van der Waals surface area contributed by atoms with Gasteiger partial charge in [0, 0.05) is 25.6 Å². The normalized spacial score (nSPS) is 10.4. The summed E-state index contributed by atoms with van der Waals surface area (Å²) in [5, 5.41) is 2.83. The van der Waals surface area contributed by atoms with Crippen LogP contribution in [0, 0.1) is 0 Å². The highest BCUT2D eigenvalue weighted by molar-refractivity contribution is 5.98. The smallest absolute Gasteiger partial charge is 0.240 e. The molecule has 0 aromatic heterocycles. The number of benzene rings is 1. The molecule has 0 bridgehead atoms. The van der Waals surface area contributed by atoms with Crippen LogP contribution in [-0.2, 0) is 9.59 Å². The molecule has 0 fully saturated rings. The molecule has 8 nitrogen and oxygen atoms in total. The third-order valence-corrected chi connectivity index (χ3v) is 3.75. The van der Waals surface area contributed by atoms with E-state index in [9.17, 15) is 9.59 Å². The second-order valence-electron chi connectivity index (χ2n) is 6.00. The van der Waals surface area contributed by atoms with Crippen molar-refractivity contribution in [2.24, 2.45) is 0 Å². The highest BCUT2D eigenvalue weighted by Gasteiger charge is 2.21. The summed E-state index contributed by atoms with van der Waals surface area (Å²) in [5.74, 6) is 0.768. The Hall–Kier alpha value is -2.48. The van der Waals surface area contributed by atoms with E-state index < -0.39 is 0 Å². The molecule has 1 aromatic carbocycles. The van der Waals surface area contributed by atoms with Crippen LogP contribution in [0.4, 0.5) is 5.69 Å². The molecule has 1 rings (SSSR count). The van der Waals surface area contributed by atoms with Crippen molar-refractivity contribution < 1.29 is 23.8 Å². The number of hydrogen-bond donors (Lipinski definition) is 1. The highest BCUT2D eigenvalue weighted by Crippen LogP contribution is 2.41. The van der Waals surface area contributed by atoms with Crippen molar-refractivity contribution >= 4 is 17.5 Å². The number of hydrogen-bond acceptors (Lipinski definition) is 6. The van der Waals surface area contributed by atoms with Gasteiger partial charge in [-0.05, 0) is 27.1 Å². The van der Waals surface area contributed by atoms with Crippen molar-refractivity contribution in [3.05, 3.63) is 12.1 Å². The topological polar surface area (TPSA) is 80.3 Å². The largest absolute Gasteiger partial charge is 0.493 e. The summed E-state index contributed by atoms with van der Waals surface area (Å²) in [7, 11) is 8.45. The Bertz CT molecular complexity index is 594. The van der Waals surface area contributed by atoms with Gasteiger partial charge in [0.25, 0.3) is 0 Å². The number of carbonyl (C=O) groups excluding carboxylic acids is 2. The van der Waals surface area contributed by atoms with Crippen molar-refractivity contribution in [3.8, 4) is 17.2 Å². The first kappa shape index (κ1) is 21.6. The van der Waals surface area contributed by atoms with Crippen LogP contribution in [0.15, 0.2) is 12.1 Å². The minimum atomic E-state index is -0.261. The van der Waals surface area contributed by atoms with E-state index in [1.54, 1.807) is 12.1 Å². The maximum atomic E-state index is 12.2. The van der Waals surface area contributed by atoms with Gasteiger partial charge in [-0.3, -0.25) is 9.59 Å². The van der Waals surface area contributed by atoms with Gasteiger partial charge in [0.15, 0.2) is 11.5 Å². The van der Waals surface area contributed by atoms with E-state index >= 15 is 0 Å². The van der Waals surface area contributed by atoms with Gasteiger partial charge in [0.2, 0.25) is 17.6 Å². The molecule has 8 heteroatoms. The molecule has 1 N–H and O–H groups in total. The van der Waals surface area contributed by atoms with Crippen molar-refractivity contribution in [1.29, 1.82) is 0 Å². The zero-order chi connectivity index (χ0) is 19.7. The first-order valence-electron chi connectivity index (χ1n) is 8.33. The van der Waals surface area contributed by atoms with E-state index in [4.69, 9.17) is 14.2 Å². The number of nitrogens with one attached hydrogen (secondary N) is 1. The summed E-state index contributed by atoms with van der Waals surface area (Å²) in [6.07, 6.45) is 0.836. The average molecular weight is 367 g/mol. The molecule has 26 heavy (non-hydrogen) atoms. The van der Waals surface area contributed by atoms with Gasteiger partial charge in [-0.15, -0.1) is 0 Å². The Morgan fingerprint density at radius 3 is 2.04 bits per heavy atom. The zero-order valence-electron chi connectivity index (χ0n) is 16.4. The maximum absolute atomic E-state index is 12.2. The molecule has 2 amide bonds. The van der Waals surface area contributed by atoms with E-state index in [-0.39, 0.29) is 18.4 Å². The van der Waals surface area contributed by atoms with Crippen LogP contribution in [0.25, 0.3) is 0 Å². The third-order valence-electron chi connectivity index (χ3n) is 3.75. The van der Waals surface area contributed by atoms with Gasteiger partial charge in [0.1, 0.15) is 6.54 Å². The van der Waals surface area contributed by atoms with Crippen LogP contribution in [0.3, 0.4) is 0 Å². The molecule has 0 spiro atoms. The van der Waals surface area contributed by atoms with E-state index in [1.165, 1.54) is 33.2 Å². The molecule has 146 valence electrons. The lowest BCUT2D eigenvalue weighted by Gasteiger charge is -2.23. The number of anilines is 1. The van der Waals surface area contributed by atoms with E-state index in [2.05, 4.69) is 5.32 Å². The molecule has 0 atom stereocenters. The minimum Gasteiger partial charge on any atom is -0.493 e. The maximum Gasteiger partial charge on any atom is 0.240 e. The molecule has 0 heterocycles. The van der Waals surface area contributed by atoms with E-state index in [0.717, 1.165) is 13.0 Å². The minimum absolute atomic E-state index is 0.0874. The zero-order valence-corrected chi connectivity index (χ0v) is 16.4. The van der Waals surface area contributed by atoms with Crippen molar-refractivity contribution in [2.75, 3.05) is 60.0 Å². The lowest BCUT2D eigenvalue weighted by Crippen LogP contribution is -2.40. The van der Waals surface area contributed by atoms with Gasteiger partial charge in [-0.2, -0.15) is 0 Å². The van der Waals surface area contributed by atoms with Crippen LogP contribution in [0.1, 0.15) is 13.3 Å². The standard InChI is InChI=1S/C18H29N3O5/c1-13(22)21(12-17(23)19-8-7-9-20(2)3)14-10-15(24-4)18(26-6)16(11-14)25-5/h10-11H,7-9,12H2,1-6H3,(H,19,23). The summed E-state index contributed by atoms with van der Waals surface area (Å²) < 4.78 is 15.9. The second-order valence-corrected chi connectivity index (χ2v) is 6.00. The van der Waals surface area contributed by atoms with Gasteiger partial charge in [-0.25, -0.2) is 0 Å². The molecule has 0 unspecified atom stereocenters. The molecule has 0 aliphatic carbocycles. The van der Waals surface area contributed by atoms with Crippen molar-refractivity contribution in [3.63, 3.8) is 0 Å². The third kappa shape index (κ3) is 6.11. The fraction of sp³-hybridized carbons (Fsp3) is 0.556. The predicted molar refractivity (Wildman–Crippen MR) is 100 cm³/mol. The Labute approximate surface area is 155 Å². The summed E-state index contributed by atoms with van der Waals surface area (Å²) in [5.41, 5.74) is 0.496. The van der Waals surface area contributed by atoms with Crippen molar-refractivity contribution in [1.82, 2.24) is 10.2 Å². The quantitative estimate of drug-likeness (QED) is 0.625. The molecule has 1 aromatic rings. The fourth-order valence-electron chi connectivity index (χ4n) is 2.43. The number of carbonyl (C=O) groups is 2. The second kappa shape index (κ2) is 10.5.